The number of rotatable bonds is 4. The van der Waals surface area contributed by atoms with E-state index in [1.807, 2.05) is 18.2 Å². The normalized spacial score (nSPS) is 19.8. The van der Waals surface area contributed by atoms with Gasteiger partial charge in [-0.05, 0) is 36.8 Å². The van der Waals surface area contributed by atoms with E-state index < -0.39 is 0 Å². The molecule has 1 unspecified atom stereocenters. The van der Waals surface area contributed by atoms with Crippen molar-refractivity contribution in [2.24, 2.45) is 10.9 Å². The fourth-order valence-electron chi connectivity index (χ4n) is 2.75. The van der Waals surface area contributed by atoms with Crippen LogP contribution in [-0.2, 0) is 11.3 Å². The van der Waals surface area contributed by atoms with Gasteiger partial charge in [-0.25, -0.2) is 0 Å². The number of aromatic nitrogens is 1. The summed E-state index contributed by atoms with van der Waals surface area (Å²) in [5.74, 6) is 0.138. The van der Waals surface area contributed by atoms with Crippen molar-refractivity contribution in [3.05, 3.63) is 36.0 Å². The molecule has 2 heterocycles. The Morgan fingerprint density at radius 2 is 2.35 bits per heavy atom. The van der Waals surface area contributed by atoms with Gasteiger partial charge in [-0.3, -0.25) is 0 Å². The Morgan fingerprint density at radius 1 is 1.45 bits per heavy atom. The fraction of sp³-hybridized carbons (Fsp3) is 0.400. The average Bonchev–Trinajstić information content (AvgIpc) is 3.13. The molecule has 0 amide bonds. The second-order valence-corrected chi connectivity index (χ2v) is 5.19. The van der Waals surface area contributed by atoms with Crippen LogP contribution in [0.5, 0.6) is 0 Å². The Labute approximate surface area is 117 Å². The summed E-state index contributed by atoms with van der Waals surface area (Å²) in [6.45, 7) is 1.82. The van der Waals surface area contributed by atoms with Crippen LogP contribution in [0.2, 0.25) is 0 Å². The lowest BCUT2D eigenvalue weighted by molar-refractivity contribution is 0.101. The van der Waals surface area contributed by atoms with E-state index >= 15 is 0 Å². The van der Waals surface area contributed by atoms with Crippen molar-refractivity contribution >= 4 is 16.7 Å². The van der Waals surface area contributed by atoms with Crippen molar-refractivity contribution in [2.45, 2.75) is 31.9 Å². The number of hydrogen-bond donors (Lipinski definition) is 2. The zero-order chi connectivity index (χ0) is 13.9. The van der Waals surface area contributed by atoms with Crippen LogP contribution in [-0.4, -0.2) is 28.3 Å². The predicted molar refractivity (Wildman–Crippen MR) is 78.0 cm³/mol. The number of fused-ring (bicyclic) bond motifs is 1. The number of benzene rings is 1. The third kappa shape index (κ3) is 2.49. The van der Waals surface area contributed by atoms with Gasteiger partial charge in [-0.1, -0.05) is 17.3 Å². The standard InChI is InChI=1S/C15H19N3O2/c16-15(17-19)12-4-3-11-5-7-18(14(11)10-12)8-6-13-2-1-9-20-13/h3-5,7,10,13,19H,1-2,6,8-9H2,(H2,16,17). The molecule has 20 heavy (non-hydrogen) atoms. The van der Waals surface area contributed by atoms with E-state index in [0.29, 0.717) is 6.10 Å². The summed E-state index contributed by atoms with van der Waals surface area (Å²) >= 11 is 0. The van der Waals surface area contributed by atoms with Crippen LogP contribution in [0.15, 0.2) is 35.6 Å². The summed E-state index contributed by atoms with van der Waals surface area (Å²) in [5.41, 5.74) is 7.49. The number of amidine groups is 1. The van der Waals surface area contributed by atoms with Crippen molar-refractivity contribution < 1.29 is 9.94 Å². The van der Waals surface area contributed by atoms with E-state index in [2.05, 4.69) is 22.0 Å². The van der Waals surface area contributed by atoms with Crippen LogP contribution < -0.4 is 5.73 Å². The van der Waals surface area contributed by atoms with E-state index in [0.717, 1.165) is 42.5 Å². The first-order valence-electron chi connectivity index (χ1n) is 6.96. The van der Waals surface area contributed by atoms with E-state index in [-0.39, 0.29) is 5.84 Å². The van der Waals surface area contributed by atoms with Crippen molar-refractivity contribution in [3.63, 3.8) is 0 Å². The lowest BCUT2D eigenvalue weighted by Crippen LogP contribution is -2.13. The predicted octanol–water partition coefficient (Wildman–Crippen LogP) is 2.30. The molecule has 1 aliphatic rings. The number of oxime groups is 1. The molecular formula is C15H19N3O2. The van der Waals surface area contributed by atoms with Gasteiger partial charge in [-0.2, -0.15) is 0 Å². The van der Waals surface area contributed by atoms with Crippen molar-refractivity contribution in [2.75, 3.05) is 6.61 Å². The van der Waals surface area contributed by atoms with Crippen molar-refractivity contribution in [1.29, 1.82) is 0 Å². The van der Waals surface area contributed by atoms with E-state index in [1.165, 1.54) is 6.42 Å². The molecule has 2 aromatic rings. The maximum atomic E-state index is 8.77. The van der Waals surface area contributed by atoms with Crippen molar-refractivity contribution in [3.8, 4) is 0 Å². The molecule has 1 fully saturated rings. The summed E-state index contributed by atoms with van der Waals surface area (Å²) in [7, 11) is 0. The van der Waals surface area contributed by atoms with Crippen molar-refractivity contribution in [1.82, 2.24) is 4.57 Å². The lowest BCUT2D eigenvalue weighted by Gasteiger charge is -2.11. The topological polar surface area (TPSA) is 72.8 Å². The Hall–Kier alpha value is -2.01. The number of aryl methyl sites for hydroxylation is 1. The van der Waals surface area contributed by atoms with Crippen LogP contribution in [0.1, 0.15) is 24.8 Å². The van der Waals surface area contributed by atoms with Gasteiger partial charge in [0.2, 0.25) is 0 Å². The molecule has 5 nitrogen and oxygen atoms in total. The van der Waals surface area contributed by atoms with Gasteiger partial charge in [0.05, 0.1) is 6.10 Å². The molecule has 0 bridgehead atoms. The Morgan fingerprint density at radius 3 is 3.10 bits per heavy atom. The molecule has 3 N–H and O–H groups in total. The molecule has 0 aliphatic carbocycles. The Kier molecular flexibility index (Phi) is 3.60. The van der Waals surface area contributed by atoms with Gasteiger partial charge in [-0.15, -0.1) is 0 Å². The number of nitrogens with two attached hydrogens (primary N) is 1. The Balaban J connectivity index is 1.83. The molecular weight excluding hydrogens is 254 g/mol. The number of nitrogens with zero attached hydrogens (tertiary/aromatic N) is 2. The van der Waals surface area contributed by atoms with E-state index in [4.69, 9.17) is 15.7 Å². The fourth-order valence-corrected chi connectivity index (χ4v) is 2.75. The van der Waals surface area contributed by atoms with Crippen LogP contribution in [0.25, 0.3) is 10.9 Å². The molecule has 1 saturated heterocycles. The molecule has 5 heteroatoms. The highest BCUT2D eigenvalue weighted by Crippen LogP contribution is 2.21. The minimum atomic E-state index is 0.138. The van der Waals surface area contributed by atoms with E-state index in [9.17, 15) is 0 Å². The largest absolute Gasteiger partial charge is 0.409 e. The second kappa shape index (κ2) is 5.54. The van der Waals surface area contributed by atoms with Crippen LogP contribution >= 0.6 is 0 Å². The third-order valence-electron chi connectivity index (χ3n) is 3.89. The third-order valence-corrected chi connectivity index (χ3v) is 3.89. The highest BCUT2D eigenvalue weighted by atomic mass is 16.5. The van der Waals surface area contributed by atoms with Crippen LogP contribution in [0.3, 0.4) is 0 Å². The van der Waals surface area contributed by atoms with Gasteiger partial charge in [0, 0.05) is 30.4 Å². The van der Waals surface area contributed by atoms with Gasteiger partial charge in [0.1, 0.15) is 0 Å². The first-order chi connectivity index (χ1) is 9.78. The second-order valence-electron chi connectivity index (χ2n) is 5.19. The lowest BCUT2D eigenvalue weighted by atomic mass is 10.1. The van der Waals surface area contributed by atoms with Crippen LogP contribution in [0.4, 0.5) is 0 Å². The molecule has 1 aromatic carbocycles. The SMILES string of the molecule is N/C(=N/O)c1ccc2ccn(CCC3CCCO3)c2c1. The van der Waals surface area contributed by atoms with E-state index in [1.54, 1.807) is 0 Å². The maximum Gasteiger partial charge on any atom is 0.170 e. The molecule has 0 radical (unpaired) electrons. The monoisotopic (exact) mass is 273 g/mol. The minimum Gasteiger partial charge on any atom is -0.409 e. The zero-order valence-corrected chi connectivity index (χ0v) is 11.3. The Bertz CT molecular complexity index is 627. The zero-order valence-electron chi connectivity index (χ0n) is 11.3. The van der Waals surface area contributed by atoms with Gasteiger partial charge >= 0.3 is 0 Å². The smallest absolute Gasteiger partial charge is 0.170 e. The van der Waals surface area contributed by atoms with Gasteiger partial charge in [0.25, 0.3) is 0 Å². The highest BCUT2D eigenvalue weighted by Gasteiger charge is 2.15. The van der Waals surface area contributed by atoms with Crippen LogP contribution in [0, 0.1) is 0 Å². The summed E-state index contributed by atoms with van der Waals surface area (Å²) < 4.78 is 7.86. The number of ether oxygens (including phenoxy) is 1. The maximum absolute atomic E-state index is 8.77. The first kappa shape index (κ1) is 13.0. The first-order valence-corrected chi connectivity index (χ1v) is 6.96. The molecule has 3 rings (SSSR count). The quantitative estimate of drug-likeness (QED) is 0.388. The summed E-state index contributed by atoms with van der Waals surface area (Å²) in [6, 6.07) is 7.90. The molecule has 1 atom stereocenters. The molecule has 106 valence electrons. The molecule has 1 aliphatic heterocycles. The van der Waals surface area contributed by atoms with Gasteiger partial charge < -0.3 is 20.2 Å². The molecule has 1 aromatic heterocycles. The molecule has 0 spiro atoms. The van der Waals surface area contributed by atoms with Gasteiger partial charge in [0.15, 0.2) is 5.84 Å². The summed E-state index contributed by atoms with van der Waals surface area (Å²) in [4.78, 5) is 0. The number of hydrogen-bond acceptors (Lipinski definition) is 3. The summed E-state index contributed by atoms with van der Waals surface area (Å²) in [6.07, 6.45) is 5.83. The minimum absolute atomic E-state index is 0.138. The molecule has 0 saturated carbocycles. The average molecular weight is 273 g/mol. The summed E-state index contributed by atoms with van der Waals surface area (Å²) in [5, 5.41) is 13.0. The highest BCUT2D eigenvalue weighted by molar-refractivity contribution is 6.00.